The molecule has 1 aromatic heterocycles. The van der Waals surface area contributed by atoms with Crippen LogP contribution in [0.3, 0.4) is 0 Å². The number of rotatable bonds is 3. The van der Waals surface area contributed by atoms with Crippen LogP contribution in [0.25, 0.3) is 0 Å². The van der Waals surface area contributed by atoms with Gasteiger partial charge in [0.1, 0.15) is 5.75 Å². The maximum Gasteiger partial charge on any atom is 0.271 e. The predicted molar refractivity (Wildman–Crippen MR) is 80.1 cm³/mol. The van der Waals surface area contributed by atoms with Crippen molar-refractivity contribution >= 4 is 45.4 Å². The Kier molecular flexibility index (Phi) is 5.30. The minimum Gasteiger partial charge on any atom is -0.506 e. The lowest BCUT2D eigenvalue weighted by Gasteiger charge is -2.12. The third-order valence-corrected chi connectivity index (χ3v) is 4.03. The van der Waals surface area contributed by atoms with Gasteiger partial charge in [-0.05, 0) is 27.4 Å². The summed E-state index contributed by atoms with van der Waals surface area (Å²) in [6, 6.07) is 5.62. The van der Waals surface area contributed by atoms with Crippen LogP contribution in [-0.2, 0) is 0 Å². The fraction of sp³-hybridized carbons (Fsp3) is 0.0909. The van der Waals surface area contributed by atoms with E-state index in [9.17, 15) is 15.2 Å². The molecular formula is C11H10BrClN2O3S. The monoisotopic (exact) mass is 364 g/mol. The van der Waals surface area contributed by atoms with Crippen LogP contribution in [0.2, 0.25) is 0 Å². The van der Waals surface area contributed by atoms with Crippen molar-refractivity contribution in [1.29, 1.82) is 0 Å². The van der Waals surface area contributed by atoms with Crippen LogP contribution in [0.4, 0.5) is 5.69 Å². The molecular weight excluding hydrogens is 356 g/mol. The molecule has 0 spiro atoms. The second-order valence-electron chi connectivity index (χ2n) is 3.62. The summed E-state index contributed by atoms with van der Waals surface area (Å²) in [6.07, 6.45) is 0. The van der Waals surface area contributed by atoms with Gasteiger partial charge < -0.3 is 10.8 Å². The molecule has 3 N–H and O–H groups in total. The summed E-state index contributed by atoms with van der Waals surface area (Å²) in [4.78, 5) is 11.1. The summed E-state index contributed by atoms with van der Waals surface area (Å²) in [6.45, 7) is 0. The number of thiophene rings is 1. The largest absolute Gasteiger partial charge is 0.506 e. The molecule has 2 rings (SSSR count). The third-order valence-electron chi connectivity index (χ3n) is 2.47. The molecule has 0 aliphatic carbocycles. The van der Waals surface area contributed by atoms with E-state index in [1.807, 2.05) is 17.5 Å². The molecule has 2 aromatic rings. The van der Waals surface area contributed by atoms with Crippen molar-refractivity contribution in [3.05, 3.63) is 54.7 Å². The van der Waals surface area contributed by atoms with Crippen molar-refractivity contribution in [3.63, 3.8) is 0 Å². The van der Waals surface area contributed by atoms with Crippen molar-refractivity contribution in [2.75, 3.05) is 0 Å². The number of benzene rings is 1. The molecule has 0 aliphatic heterocycles. The quantitative estimate of drug-likeness (QED) is 0.642. The number of halogens is 2. The molecule has 102 valence electrons. The highest BCUT2D eigenvalue weighted by atomic mass is 79.9. The third kappa shape index (κ3) is 3.24. The number of hydrogen-bond donors (Lipinski definition) is 2. The van der Waals surface area contributed by atoms with Gasteiger partial charge in [0.05, 0.1) is 15.4 Å². The molecule has 8 heteroatoms. The van der Waals surface area contributed by atoms with Crippen molar-refractivity contribution in [3.8, 4) is 5.75 Å². The highest BCUT2D eigenvalue weighted by Gasteiger charge is 2.20. The fourth-order valence-corrected chi connectivity index (χ4v) is 2.78. The predicted octanol–water partition coefficient (Wildman–Crippen LogP) is 3.59. The first-order valence-corrected chi connectivity index (χ1v) is 6.63. The number of nitrogens with two attached hydrogens (primary N) is 1. The van der Waals surface area contributed by atoms with Crippen LogP contribution in [0.15, 0.2) is 34.1 Å². The van der Waals surface area contributed by atoms with Crippen LogP contribution < -0.4 is 5.73 Å². The molecule has 0 amide bonds. The number of nitrogens with zero attached hydrogens (tertiary/aromatic N) is 1. The van der Waals surface area contributed by atoms with Gasteiger partial charge in [0.15, 0.2) is 0 Å². The molecule has 0 bridgehead atoms. The van der Waals surface area contributed by atoms with Crippen LogP contribution in [0.5, 0.6) is 5.75 Å². The minimum atomic E-state index is -0.582. The van der Waals surface area contributed by atoms with E-state index in [0.29, 0.717) is 5.56 Å². The van der Waals surface area contributed by atoms with E-state index in [2.05, 4.69) is 15.9 Å². The normalized spacial score (nSPS) is 11.7. The number of nitro groups is 1. The summed E-state index contributed by atoms with van der Waals surface area (Å²) in [5, 5.41) is 22.6. The van der Waals surface area contributed by atoms with Gasteiger partial charge in [-0.3, -0.25) is 10.1 Å². The Balaban J connectivity index is 0.00000180. The Morgan fingerprint density at radius 3 is 2.68 bits per heavy atom. The van der Waals surface area contributed by atoms with E-state index in [0.717, 1.165) is 4.88 Å². The Morgan fingerprint density at radius 2 is 2.16 bits per heavy atom. The van der Waals surface area contributed by atoms with Gasteiger partial charge in [-0.1, -0.05) is 6.07 Å². The summed E-state index contributed by atoms with van der Waals surface area (Å²) >= 11 is 4.52. The number of nitro benzene ring substituents is 1. The molecule has 0 radical (unpaired) electrons. The lowest BCUT2D eigenvalue weighted by Crippen LogP contribution is -2.11. The minimum absolute atomic E-state index is 0. The maximum absolute atomic E-state index is 10.8. The van der Waals surface area contributed by atoms with Gasteiger partial charge in [0, 0.05) is 22.6 Å². The van der Waals surface area contributed by atoms with Gasteiger partial charge in [-0.25, -0.2) is 0 Å². The van der Waals surface area contributed by atoms with E-state index in [1.54, 1.807) is 0 Å². The van der Waals surface area contributed by atoms with Crippen LogP contribution in [0, 0.1) is 10.1 Å². The highest BCUT2D eigenvalue weighted by molar-refractivity contribution is 9.10. The molecule has 5 nitrogen and oxygen atoms in total. The first kappa shape index (κ1) is 15.9. The average molecular weight is 366 g/mol. The topological polar surface area (TPSA) is 89.4 Å². The summed E-state index contributed by atoms with van der Waals surface area (Å²) in [7, 11) is 0. The first-order chi connectivity index (χ1) is 8.50. The van der Waals surface area contributed by atoms with Crippen LogP contribution in [-0.4, -0.2) is 10.0 Å². The molecule has 0 saturated carbocycles. The number of non-ortho nitro benzene ring substituents is 1. The van der Waals surface area contributed by atoms with E-state index < -0.39 is 11.0 Å². The Labute approximate surface area is 127 Å². The summed E-state index contributed by atoms with van der Waals surface area (Å²) in [5.41, 5.74) is 6.23. The van der Waals surface area contributed by atoms with Gasteiger partial charge in [0.2, 0.25) is 0 Å². The highest BCUT2D eigenvalue weighted by Crippen LogP contribution is 2.38. The second-order valence-corrected chi connectivity index (χ2v) is 5.45. The lowest BCUT2D eigenvalue weighted by molar-refractivity contribution is -0.385. The maximum atomic E-state index is 10.8. The van der Waals surface area contributed by atoms with Gasteiger partial charge in [0.25, 0.3) is 5.69 Å². The summed E-state index contributed by atoms with van der Waals surface area (Å²) in [5.74, 6) is -0.0681. The SMILES string of the molecule is Cl.N[C@H](c1cccs1)c1cc([N+](=O)[O-])cc(Br)c1O. The van der Waals surface area contributed by atoms with Crippen molar-refractivity contribution in [2.45, 2.75) is 6.04 Å². The van der Waals surface area contributed by atoms with E-state index in [1.165, 1.54) is 23.5 Å². The Bertz CT molecular complexity index is 592. The van der Waals surface area contributed by atoms with Crippen molar-refractivity contribution < 1.29 is 10.0 Å². The number of phenolic OH excluding ortho intramolecular Hbond substituents is 1. The van der Waals surface area contributed by atoms with Crippen molar-refractivity contribution in [2.24, 2.45) is 5.73 Å². The standard InChI is InChI=1S/C11H9BrN2O3S.ClH/c12-8-5-6(14(16)17)4-7(11(8)15)10(13)9-2-1-3-18-9;/h1-5,10,15H,13H2;1H/t10-;/m0./s1. The Morgan fingerprint density at radius 1 is 1.47 bits per heavy atom. The summed E-state index contributed by atoms with van der Waals surface area (Å²) < 4.78 is 0.263. The van der Waals surface area contributed by atoms with Crippen LogP contribution in [0.1, 0.15) is 16.5 Å². The zero-order chi connectivity index (χ0) is 13.3. The van der Waals surface area contributed by atoms with Gasteiger partial charge in [-0.15, -0.1) is 23.7 Å². The molecule has 0 unspecified atom stereocenters. The Hall–Kier alpha value is -1.15. The average Bonchev–Trinajstić information content (AvgIpc) is 2.85. The zero-order valence-electron chi connectivity index (χ0n) is 9.45. The molecule has 0 fully saturated rings. The van der Waals surface area contributed by atoms with E-state index in [-0.39, 0.29) is 28.3 Å². The number of aromatic hydroxyl groups is 1. The van der Waals surface area contributed by atoms with E-state index >= 15 is 0 Å². The molecule has 19 heavy (non-hydrogen) atoms. The van der Waals surface area contributed by atoms with Crippen LogP contribution >= 0.6 is 39.7 Å². The number of phenols is 1. The van der Waals surface area contributed by atoms with Gasteiger partial charge >= 0.3 is 0 Å². The molecule has 1 atom stereocenters. The van der Waals surface area contributed by atoms with Crippen molar-refractivity contribution in [1.82, 2.24) is 0 Å². The lowest BCUT2D eigenvalue weighted by atomic mass is 10.0. The molecule has 1 aromatic carbocycles. The molecule has 1 heterocycles. The smallest absolute Gasteiger partial charge is 0.271 e. The second kappa shape index (κ2) is 6.33. The molecule has 0 saturated heterocycles. The first-order valence-electron chi connectivity index (χ1n) is 4.96. The molecule has 0 aliphatic rings. The number of hydrogen-bond acceptors (Lipinski definition) is 5. The van der Waals surface area contributed by atoms with E-state index in [4.69, 9.17) is 5.73 Å². The zero-order valence-corrected chi connectivity index (χ0v) is 12.7. The fourth-order valence-electron chi connectivity index (χ4n) is 1.57. The van der Waals surface area contributed by atoms with Gasteiger partial charge in [-0.2, -0.15) is 0 Å².